The van der Waals surface area contributed by atoms with Crippen molar-refractivity contribution in [1.29, 1.82) is 0 Å². The number of carbonyl (C=O) groups excluding carboxylic acids is 1. The van der Waals surface area contributed by atoms with Crippen molar-refractivity contribution in [2.45, 2.75) is 13.8 Å². The van der Waals surface area contributed by atoms with Crippen LogP contribution in [0.2, 0.25) is 0 Å². The molecule has 1 aromatic carbocycles. The molecule has 0 radical (unpaired) electrons. The predicted octanol–water partition coefficient (Wildman–Crippen LogP) is 3.84. The highest BCUT2D eigenvalue weighted by atomic mass is 19.2. The second kappa shape index (κ2) is 6.46. The van der Waals surface area contributed by atoms with Crippen LogP contribution in [0.5, 0.6) is 0 Å². The summed E-state index contributed by atoms with van der Waals surface area (Å²) in [4.78, 5) is 15.5. The number of amides is 1. The molecule has 7 heteroatoms. The van der Waals surface area contributed by atoms with Crippen LogP contribution in [-0.2, 0) is 4.79 Å². The molecule has 0 fully saturated rings. The van der Waals surface area contributed by atoms with E-state index in [1.807, 2.05) is 0 Å². The topological polar surface area (TPSA) is 54.0 Å². The van der Waals surface area contributed by atoms with Crippen molar-refractivity contribution in [3.8, 4) is 0 Å². The minimum absolute atomic E-state index is 0.181. The second-order valence-electron chi connectivity index (χ2n) is 4.92. The summed E-state index contributed by atoms with van der Waals surface area (Å²) in [5.74, 6) is -4.13. The fraction of sp³-hybridized carbons (Fsp3) is 0.200. The highest BCUT2D eigenvalue weighted by molar-refractivity contribution is 5.91. The maximum atomic E-state index is 13.5. The van der Waals surface area contributed by atoms with Gasteiger partial charge in [0.15, 0.2) is 17.5 Å². The molecule has 22 heavy (non-hydrogen) atoms. The molecular formula is C15H14F3N3O. The maximum Gasteiger partial charge on any atom is 0.228 e. The Morgan fingerprint density at radius 3 is 2.41 bits per heavy atom. The van der Waals surface area contributed by atoms with Crippen molar-refractivity contribution < 1.29 is 18.0 Å². The Morgan fingerprint density at radius 1 is 1.09 bits per heavy atom. The number of hydrogen-bond donors (Lipinski definition) is 2. The van der Waals surface area contributed by atoms with Gasteiger partial charge in [0.25, 0.3) is 0 Å². The van der Waals surface area contributed by atoms with E-state index in [0.29, 0.717) is 11.5 Å². The molecule has 1 heterocycles. The third-order valence-corrected chi connectivity index (χ3v) is 2.85. The van der Waals surface area contributed by atoms with Gasteiger partial charge >= 0.3 is 0 Å². The Labute approximate surface area is 125 Å². The van der Waals surface area contributed by atoms with E-state index in [4.69, 9.17) is 0 Å². The lowest BCUT2D eigenvalue weighted by molar-refractivity contribution is -0.118. The van der Waals surface area contributed by atoms with E-state index in [1.165, 1.54) is 18.3 Å². The number of pyridine rings is 1. The molecule has 1 amide bonds. The first kappa shape index (κ1) is 15.8. The fourth-order valence-corrected chi connectivity index (χ4v) is 1.59. The highest BCUT2D eigenvalue weighted by Gasteiger charge is 2.13. The van der Waals surface area contributed by atoms with Gasteiger partial charge < -0.3 is 10.6 Å². The summed E-state index contributed by atoms with van der Waals surface area (Å²) in [5, 5.41) is 5.19. The molecule has 2 N–H and O–H groups in total. The van der Waals surface area contributed by atoms with Crippen LogP contribution in [0.4, 0.5) is 30.4 Å². The number of nitrogens with zero attached hydrogens (tertiary/aromatic N) is 1. The third kappa shape index (κ3) is 3.55. The summed E-state index contributed by atoms with van der Waals surface area (Å²) in [6.07, 6.45) is 1.34. The highest BCUT2D eigenvalue weighted by Crippen LogP contribution is 2.23. The van der Waals surface area contributed by atoms with Crippen LogP contribution in [0.25, 0.3) is 0 Å². The van der Waals surface area contributed by atoms with Crippen LogP contribution >= 0.6 is 0 Å². The van der Waals surface area contributed by atoms with Gasteiger partial charge in [-0.15, -0.1) is 0 Å². The van der Waals surface area contributed by atoms with Crippen LogP contribution in [0, 0.1) is 23.4 Å². The van der Waals surface area contributed by atoms with Gasteiger partial charge in [-0.25, -0.2) is 18.2 Å². The summed E-state index contributed by atoms with van der Waals surface area (Å²) in [7, 11) is 0. The summed E-state index contributed by atoms with van der Waals surface area (Å²) in [6.45, 7) is 3.49. The van der Waals surface area contributed by atoms with Gasteiger partial charge in [-0.2, -0.15) is 0 Å². The van der Waals surface area contributed by atoms with Crippen molar-refractivity contribution in [3.63, 3.8) is 0 Å². The molecular weight excluding hydrogens is 295 g/mol. The van der Waals surface area contributed by atoms with Crippen molar-refractivity contribution in [3.05, 3.63) is 47.9 Å². The van der Waals surface area contributed by atoms with Gasteiger partial charge in [-0.05, 0) is 24.3 Å². The van der Waals surface area contributed by atoms with E-state index in [9.17, 15) is 18.0 Å². The van der Waals surface area contributed by atoms with E-state index in [-0.39, 0.29) is 17.5 Å². The molecule has 0 bridgehead atoms. The molecule has 0 aliphatic carbocycles. The Bertz CT molecular complexity index is 687. The van der Waals surface area contributed by atoms with Crippen molar-refractivity contribution in [2.24, 2.45) is 5.92 Å². The molecule has 1 aromatic heterocycles. The lowest BCUT2D eigenvalue weighted by Crippen LogP contribution is -2.18. The predicted molar refractivity (Wildman–Crippen MR) is 77.3 cm³/mol. The molecule has 116 valence electrons. The quantitative estimate of drug-likeness (QED) is 0.844. The fourth-order valence-electron chi connectivity index (χ4n) is 1.59. The molecule has 0 saturated heterocycles. The Morgan fingerprint density at radius 2 is 1.82 bits per heavy atom. The summed E-state index contributed by atoms with van der Waals surface area (Å²) >= 11 is 0. The van der Waals surface area contributed by atoms with E-state index in [2.05, 4.69) is 15.6 Å². The largest absolute Gasteiger partial charge is 0.352 e. The third-order valence-electron chi connectivity index (χ3n) is 2.85. The zero-order valence-corrected chi connectivity index (χ0v) is 12.0. The average Bonchev–Trinajstić information content (AvgIpc) is 2.49. The van der Waals surface area contributed by atoms with E-state index >= 15 is 0 Å². The van der Waals surface area contributed by atoms with Crippen LogP contribution in [0.15, 0.2) is 30.5 Å². The lowest BCUT2D eigenvalue weighted by Gasteiger charge is -2.10. The second-order valence-corrected chi connectivity index (χ2v) is 4.92. The van der Waals surface area contributed by atoms with Gasteiger partial charge in [0.2, 0.25) is 5.91 Å². The number of halogens is 3. The molecule has 0 saturated carbocycles. The molecule has 0 aliphatic heterocycles. The number of carbonyl (C=O) groups is 1. The van der Waals surface area contributed by atoms with Gasteiger partial charge in [0.05, 0.1) is 17.6 Å². The van der Waals surface area contributed by atoms with E-state index < -0.39 is 17.5 Å². The zero-order valence-electron chi connectivity index (χ0n) is 12.0. The Balaban J connectivity index is 2.12. The van der Waals surface area contributed by atoms with Crippen molar-refractivity contribution in [1.82, 2.24) is 4.98 Å². The standard InChI is InChI=1S/C15H14F3N3O/c1-8(2)15(22)21-12-6-3-9(7-19-12)20-11-5-4-10(16)13(17)14(11)18/h3-8,20H,1-2H3,(H,19,21,22). The molecule has 0 unspecified atom stereocenters. The number of nitrogens with one attached hydrogen (secondary N) is 2. The first-order valence-electron chi connectivity index (χ1n) is 6.56. The van der Waals surface area contributed by atoms with Gasteiger partial charge in [0, 0.05) is 5.92 Å². The van der Waals surface area contributed by atoms with Gasteiger partial charge in [-0.1, -0.05) is 13.8 Å². The van der Waals surface area contributed by atoms with Crippen LogP contribution in [0.1, 0.15) is 13.8 Å². The van der Waals surface area contributed by atoms with Gasteiger partial charge in [-0.3, -0.25) is 4.79 Å². The van der Waals surface area contributed by atoms with Gasteiger partial charge in [0.1, 0.15) is 5.82 Å². The van der Waals surface area contributed by atoms with Crippen LogP contribution < -0.4 is 10.6 Å². The number of benzene rings is 1. The Hall–Kier alpha value is -2.57. The van der Waals surface area contributed by atoms with Crippen molar-refractivity contribution >= 4 is 23.1 Å². The zero-order chi connectivity index (χ0) is 16.3. The van der Waals surface area contributed by atoms with Crippen LogP contribution in [0.3, 0.4) is 0 Å². The SMILES string of the molecule is CC(C)C(=O)Nc1ccc(Nc2ccc(F)c(F)c2F)cn1. The number of rotatable bonds is 4. The van der Waals surface area contributed by atoms with E-state index in [0.717, 1.165) is 12.1 Å². The first-order valence-corrected chi connectivity index (χ1v) is 6.56. The maximum absolute atomic E-state index is 13.5. The molecule has 4 nitrogen and oxygen atoms in total. The number of hydrogen-bond acceptors (Lipinski definition) is 3. The monoisotopic (exact) mass is 309 g/mol. The molecule has 0 aliphatic rings. The normalized spacial score (nSPS) is 10.6. The molecule has 0 spiro atoms. The number of anilines is 3. The minimum Gasteiger partial charge on any atom is -0.352 e. The summed E-state index contributed by atoms with van der Waals surface area (Å²) in [6, 6.07) is 4.96. The molecule has 2 rings (SSSR count). The number of aromatic nitrogens is 1. The lowest BCUT2D eigenvalue weighted by atomic mass is 10.2. The van der Waals surface area contributed by atoms with Crippen LogP contribution in [-0.4, -0.2) is 10.9 Å². The minimum atomic E-state index is -1.54. The summed E-state index contributed by atoms with van der Waals surface area (Å²) in [5.41, 5.74) is 0.159. The van der Waals surface area contributed by atoms with E-state index in [1.54, 1.807) is 13.8 Å². The average molecular weight is 309 g/mol. The molecule has 2 aromatic rings. The first-order chi connectivity index (χ1) is 10.4. The summed E-state index contributed by atoms with van der Waals surface area (Å²) < 4.78 is 39.5. The molecule has 0 atom stereocenters. The smallest absolute Gasteiger partial charge is 0.228 e. The van der Waals surface area contributed by atoms with Crippen molar-refractivity contribution in [2.75, 3.05) is 10.6 Å². The Kier molecular flexibility index (Phi) is 4.65.